The summed E-state index contributed by atoms with van der Waals surface area (Å²) >= 11 is 0. The largest absolute Gasteiger partial charge is 0.387 e. The van der Waals surface area contributed by atoms with Crippen molar-refractivity contribution in [3.05, 3.63) is 23.8 Å². The first-order valence-corrected chi connectivity index (χ1v) is 3.17. The van der Waals surface area contributed by atoms with Gasteiger partial charge in [-0.2, -0.15) is 0 Å². The van der Waals surface area contributed by atoms with Gasteiger partial charge in [-0.15, -0.1) is 0 Å². The fourth-order valence-corrected chi connectivity index (χ4v) is 0.828. The Labute approximate surface area is 59.8 Å². The van der Waals surface area contributed by atoms with Crippen LogP contribution in [0.3, 0.4) is 0 Å². The quantitative estimate of drug-likeness (QED) is 0.625. The van der Waals surface area contributed by atoms with E-state index in [1.807, 2.05) is 6.92 Å². The van der Waals surface area contributed by atoms with E-state index in [9.17, 15) is 0 Å². The predicted octanol–water partition coefficient (Wildman–Crippen LogP) is 0.838. The van der Waals surface area contributed by atoms with Gasteiger partial charge < -0.3 is 5.11 Å². The molecule has 0 fully saturated rings. The Morgan fingerprint density at radius 3 is 2.40 bits per heavy atom. The normalized spacial score (nSPS) is 13.1. The Morgan fingerprint density at radius 2 is 2.00 bits per heavy atom. The van der Waals surface area contributed by atoms with Gasteiger partial charge in [0.2, 0.25) is 0 Å². The van der Waals surface area contributed by atoms with Gasteiger partial charge in [0.15, 0.2) is 0 Å². The molecule has 0 saturated heterocycles. The molecule has 1 aromatic rings. The Kier molecular flexibility index (Phi) is 1.97. The van der Waals surface area contributed by atoms with E-state index in [-0.39, 0.29) is 0 Å². The molecule has 0 unspecified atom stereocenters. The van der Waals surface area contributed by atoms with Crippen molar-refractivity contribution < 1.29 is 5.11 Å². The Morgan fingerprint density at radius 1 is 1.40 bits per heavy atom. The number of nitrogens with zero attached hydrogens (tertiary/aromatic N) is 2. The molecule has 54 valence electrons. The predicted molar refractivity (Wildman–Crippen MR) is 37.4 cm³/mol. The monoisotopic (exact) mass is 138 g/mol. The number of rotatable bonds is 1. The highest BCUT2D eigenvalue weighted by Crippen LogP contribution is 2.09. The van der Waals surface area contributed by atoms with Crippen LogP contribution in [0.4, 0.5) is 0 Å². The molecule has 1 N–H and O–H groups in total. The molecule has 1 atom stereocenters. The van der Waals surface area contributed by atoms with Gasteiger partial charge in [-0.1, -0.05) is 0 Å². The van der Waals surface area contributed by atoms with Crippen molar-refractivity contribution in [2.75, 3.05) is 0 Å². The molecule has 0 aliphatic rings. The summed E-state index contributed by atoms with van der Waals surface area (Å²) in [5.74, 6) is 0. The van der Waals surface area contributed by atoms with E-state index in [2.05, 4.69) is 9.97 Å². The fourth-order valence-electron chi connectivity index (χ4n) is 0.828. The zero-order valence-electron chi connectivity index (χ0n) is 6.07. The van der Waals surface area contributed by atoms with Crippen LogP contribution in [0, 0.1) is 6.92 Å². The van der Waals surface area contributed by atoms with Crippen LogP contribution in [-0.4, -0.2) is 15.1 Å². The van der Waals surface area contributed by atoms with Gasteiger partial charge in [0, 0.05) is 12.4 Å². The molecule has 0 spiro atoms. The van der Waals surface area contributed by atoms with E-state index in [0.717, 1.165) is 5.69 Å². The lowest BCUT2D eigenvalue weighted by Gasteiger charge is -2.04. The third-order valence-corrected chi connectivity index (χ3v) is 1.31. The average molecular weight is 138 g/mol. The summed E-state index contributed by atoms with van der Waals surface area (Å²) in [6.07, 6.45) is 2.67. The standard InChI is InChI=1S/C7H10N2O/c1-5-7(6(2)10)9-4-3-8-5/h3-4,6,10H,1-2H3/t6-/m1/s1. The van der Waals surface area contributed by atoms with Crippen molar-refractivity contribution >= 4 is 0 Å². The highest BCUT2D eigenvalue weighted by Gasteiger charge is 2.04. The third kappa shape index (κ3) is 1.30. The molecule has 0 aliphatic heterocycles. The Hall–Kier alpha value is -0.960. The number of hydrogen-bond donors (Lipinski definition) is 1. The summed E-state index contributed by atoms with van der Waals surface area (Å²) < 4.78 is 0. The SMILES string of the molecule is Cc1nccnc1[C@@H](C)O. The van der Waals surface area contributed by atoms with Crippen molar-refractivity contribution in [3.8, 4) is 0 Å². The van der Waals surface area contributed by atoms with Crippen molar-refractivity contribution in [2.24, 2.45) is 0 Å². The van der Waals surface area contributed by atoms with Gasteiger partial charge >= 0.3 is 0 Å². The number of aromatic nitrogens is 2. The lowest BCUT2D eigenvalue weighted by atomic mass is 10.2. The van der Waals surface area contributed by atoms with Crippen LogP contribution < -0.4 is 0 Å². The first kappa shape index (κ1) is 7.15. The molecule has 0 aliphatic carbocycles. The smallest absolute Gasteiger partial charge is 0.0950 e. The first-order chi connectivity index (χ1) is 4.72. The van der Waals surface area contributed by atoms with Crippen LogP contribution in [0.5, 0.6) is 0 Å². The second-order valence-corrected chi connectivity index (χ2v) is 2.20. The lowest BCUT2D eigenvalue weighted by Crippen LogP contribution is -1.99. The minimum atomic E-state index is -0.520. The van der Waals surface area contributed by atoms with E-state index >= 15 is 0 Å². The summed E-state index contributed by atoms with van der Waals surface area (Å²) in [4.78, 5) is 7.94. The summed E-state index contributed by atoms with van der Waals surface area (Å²) in [7, 11) is 0. The van der Waals surface area contributed by atoms with Crippen LogP contribution in [0.15, 0.2) is 12.4 Å². The number of aliphatic hydroxyl groups is 1. The van der Waals surface area contributed by atoms with E-state index < -0.39 is 6.10 Å². The number of aliphatic hydroxyl groups excluding tert-OH is 1. The van der Waals surface area contributed by atoms with Crippen molar-refractivity contribution in [2.45, 2.75) is 20.0 Å². The van der Waals surface area contributed by atoms with Crippen LogP contribution in [0.2, 0.25) is 0 Å². The van der Waals surface area contributed by atoms with E-state index in [1.165, 1.54) is 0 Å². The highest BCUT2D eigenvalue weighted by atomic mass is 16.3. The molecular formula is C7H10N2O. The molecule has 0 aromatic carbocycles. The van der Waals surface area contributed by atoms with Gasteiger partial charge in [-0.05, 0) is 13.8 Å². The number of hydrogen-bond acceptors (Lipinski definition) is 3. The summed E-state index contributed by atoms with van der Waals surface area (Å²) in [5.41, 5.74) is 1.44. The van der Waals surface area contributed by atoms with E-state index in [4.69, 9.17) is 5.11 Å². The molecule has 1 rings (SSSR count). The van der Waals surface area contributed by atoms with E-state index in [1.54, 1.807) is 19.3 Å². The van der Waals surface area contributed by atoms with Gasteiger partial charge in [-0.3, -0.25) is 9.97 Å². The number of aryl methyl sites for hydroxylation is 1. The highest BCUT2D eigenvalue weighted by molar-refractivity contribution is 5.10. The average Bonchev–Trinajstić information content (AvgIpc) is 1.88. The molecule has 3 heteroatoms. The molecule has 0 amide bonds. The molecule has 0 saturated carbocycles. The molecule has 3 nitrogen and oxygen atoms in total. The van der Waals surface area contributed by atoms with Crippen LogP contribution in [0.25, 0.3) is 0 Å². The maximum absolute atomic E-state index is 9.10. The van der Waals surface area contributed by atoms with Gasteiger partial charge in [0.05, 0.1) is 17.5 Å². The second-order valence-electron chi connectivity index (χ2n) is 2.20. The molecular weight excluding hydrogens is 128 g/mol. The van der Waals surface area contributed by atoms with Gasteiger partial charge in [-0.25, -0.2) is 0 Å². The van der Waals surface area contributed by atoms with Crippen LogP contribution in [-0.2, 0) is 0 Å². The fraction of sp³-hybridized carbons (Fsp3) is 0.429. The maximum atomic E-state index is 9.10. The summed E-state index contributed by atoms with van der Waals surface area (Å²) in [6.45, 7) is 3.51. The molecule has 1 heterocycles. The van der Waals surface area contributed by atoms with Crippen molar-refractivity contribution in [1.29, 1.82) is 0 Å². The minimum Gasteiger partial charge on any atom is -0.387 e. The maximum Gasteiger partial charge on any atom is 0.0950 e. The molecule has 1 aromatic heterocycles. The second kappa shape index (κ2) is 2.75. The molecule has 0 bridgehead atoms. The van der Waals surface area contributed by atoms with Gasteiger partial charge in [0.1, 0.15) is 0 Å². The molecule has 10 heavy (non-hydrogen) atoms. The Bertz CT molecular complexity index is 223. The Balaban J connectivity index is 3.03. The van der Waals surface area contributed by atoms with Crippen LogP contribution >= 0.6 is 0 Å². The van der Waals surface area contributed by atoms with Crippen molar-refractivity contribution in [1.82, 2.24) is 9.97 Å². The van der Waals surface area contributed by atoms with E-state index in [0.29, 0.717) is 5.69 Å². The lowest BCUT2D eigenvalue weighted by molar-refractivity contribution is 0.193. The first-order valence-electron chi connectivity index (χ1n) is 3.17. The van der Waals surface area contributed by atoms with Crippen molar-refractivity contribution in [3.63, 3.8) is 0 Å². The zero-order chi connectivity index (χ0) is 7.56. The summed E-state index contributed by atoms with van der Waals surface area (Å²) in [5, 5.41) is 9.10. The summed E-state index contributed by atoms with van der Waals surface area (Å²) in [6, 6.07) is 0. The third-order valence-electron chi connectivity index (χ3n) is 1.31. The van der Waals surface area contributed by atoms with Crippen LogP contribution in [0.1, 0.15) is 24.4 Å². The van der Waals surface area contributed by atoms with Gasteiger partial charge in [0.25, 0.3) is 0 Å². The molecule has 0 radical (unpaired) electrons. The topological polar surface area (TPSA) is 46.0 Å². The zero-order valence-corrected chi connectivity index (χ0v) is 6.07. The minimum absolute atomic E-state index is 0.520.